The van der Waals surface area contributed by atoms with E-state index >= 15 is 0 Å². The Morgan fingerprint density at radius 3 is 2.21 bits per heavy atom. The van der Waals surface area contributed by atoms with Crippen LogP contribution in [-0.4, -0.2) is 25.8 Å². The van der Waals surface area contributed by atoms with Gasteiger partial charge in [-0.25, -0.2) is 9.52 Å². The Bertz CT molecular complexity index is 1060. The third kappa shape index (κ3) is 5.47. The number of amides is 1. The maximum Gasteiger partial charge on any atom is 0.516 e. The highest BCUT2D eigenvalue weighted by molar-refractivity contribution is 14.1. The lowest BCUT2D eigenvalue weighted by molar-refractivity contribution is -0.0446. The zero-order chi connectivity index (χ0) is 21.3. The molecule has 13 heteroatoms. The number of benzene rings is 2. The minimum atomic E-state index is -5.85. The highest BCUT2D eigenvalue weighted by Crippen LogP contribution is 2.26. The number of hydrogen-bond donors (Lipinski definition) is 1. The first-order valence-electron chi connectivity index (χ1n) is 6.92. The molecule has 0 aliphatic heterocycles. The minimum absolute atomic E-state index is 0.132. The van der Waals surface area contributed by atoms with E-state index in [1.54, 1.807) is 6.07 Å². The van der Waals surface area contributed by atoms with E-state index in [0.29, 0.717) is 12.7 Å². The van der Waals surface area contributed by atoms with E-state index in [-0.39, 0.29) is 5.75 Å². The molecule has 0 aromatic heterocycles. The Morgan fingerprint density at radius 1 is 1.00 bits per heavy atom. The van der Waals surface area contributed by atoms with Crippen molar-refractivity contribution in [1.29, 1.82) is 0 Å². The van der Waals surface area contributed by atoms with Crippen molar-refractivity contribution in [2.75, 3.05) is 0 Å². The number of alkyl halides is 3. The average Bonchev–Trinajstić information content (AvgIpc) is 2.57. The minimum Gasteiger partial charge on any atom is -0.423 e. The summed E-state index contributed by atoms with van der Waals surface area (Å²) in [7, 11) is -5.85. The second-order valence-electron chi connectivity index (χ2n) is 5.02. The number of carbonyl (C=O) groups is 2. The molecule has 6 nitrogen and oxygen atoms in total. The van der Waals surface area contributed by atoms with Crippen molar-refractivity contribution in [3.05, 3.63) is 58.2 Å². The number of nitrogens with one attached hydrogen (secondary N) is 1. The second-order valence-corrected chi connectivity index (χ2v) is 10.1. The summed E-state index contributed by atoms with van der Waals surface area (Å²) >= 11 is 5.97. The quantitative estimate of drug-likeness (QED) is 0.218. The fraction of sp³-hybridized carbons (Fsp3) is 0.0667. The van der Waals surface area contributed by atoms with Crippen molar-refractivity contribution in [2.24, 2.45) is 0 Å². The largest absolute Gasteiger partial charge is 0.516 e. The second kappa shape index (κ2) is 8.99. The molecule has 0 unspecified atom stereocenters. The molecule has 0 bridgehead atoms. The van der Waals surface area contributed by atoms with Crippen LogP contribution in [0.25, 0.3) is 0 Å². The molecular weight excluding hydrogens is 744 g/mol. The lowest BCUT2D eigenvalue weighted by Gasteiger charge is -2.11. The third-order valence-electron chi connectivity index (χ3n) is 3.09. The summed E-state index contributed by atoms with van der Waals surface area (Å²) in [5.74, 6) is -2.37. The summed E-state index contributed by atoms with van der Waals surface area (Å²) in [6.07, 6.45) is 0. The van der Waals surface area contributed by atoms with E-state index in [9.17, 15) is 31.2 Å². The Kier molecular flexibility index (Phi) is 7.57. The van der Waals surface area contributed by atoms with Gasteiger partial charge in [0.2, 0.25) is 0 Å². The molecular formula is C15H7F3I3NO5S. The standard InChI is InChI=1S/C15H7F3I3NO5S/c16-15(17,18)28(25,26)22-13(23)7-2-1-3-8(6-7)27-14(24)11-9(19)4-5-10(20)12(11)21/h1-6H,(H,22,23). The monoisotopic (exact) mass is 751 g/mol. The third-order valence-corrected chi connectivity index (χ3v) is 8.10. The highest BCUT2D eigenvalue weighted by Gasteiger charge is 2.47. The van der Waals surface area contributed by atoms with Crippen LogP contribution in [0.2, 0.25) is 0 Å². The number of carbonyl (C=O) groups excluding carboxylic acids is 2. The smallest absolute Gasteiger partial charge is 0.423 e. The van der Waals surface area contributed by atoms with Crippen LogP contribution in [0.3, 0.4) is 0 Å². The summed E-state index contributed by atoms with van der Waals surface area (Å²) in [4.78, 5) is 24.3. The summed E-state index contributed by atoms with van der Waals surface area (Å²) in [5, 5.41) is 0. The highest BCUT2D eigenvalue weighted by atomic mass is 127. The first-order valence-corrected chi connectivity index (χ1v) is 11.6. The molecule has 0 spiro atoms. The molecule has 0 saturated heterocycles. The molecule has 2 aromatic carbocycles. The Balaban J connectivity index is 2.26. The number of rotatable bonds is 4. The Hall–Kier alpha value is -0.690. The molecule has 0 aliphatic rings. The molecule has 28 heavy (non-hydrogen) atoms. The van der Waals surface area contributed by atoms with Gasteiger partial charge in [-0.3, -0.25) is 4.79 Å². The lowest BCUT2D eigenvalue weighted by Crippen LogP contribution is -2.40. The van der Waals surface area contributed by atoms with Gasteiger partial charge in [-0.1, -0.05) is 6.07 Å². The molecule has 0 radical (unpaired) electrons. The fourth-order valence-electron chi connectivity index (χ4n) is 1.81. The molecule has 2 aromatic rings. The van der Waals surface area contributed by atoms with Crippen molar-refractivity contribution in [1.82, 2.24) is 4.72 Å². The van der Waals surface area contributed by atoms with Crippen LogP contribution in [0.5, 0.6) is 5.75 Å². The summed E-state index contributed by atoms with van der Waals surface area (Å²) in [6, 6.07) is 8.12. The van der Waals surface area contributed by atoms with E-state index in [0.717, 1.165) is 20.4 Å². The first-order chi connectivity index (χ1) is 12.8. The molecule has 0 fully saturated rings. The van der Waals surface area contributed by atoms with Gasteiger partial charge in [0, 0.05) is 16.3 Å². The van der Waals surface area contributed by atoms with Gasteiger partial charge in [0.1, 0.15) is 5.75 Å². The molecule has 0 saturated carbocycles. The molecule has 0 aliphatic carbocycles. The van der Waals surface area contributed by atoms with E-state index in [2.05, 4.69) is 0 Å². The van der Waals surface area contributed by atoms with Gasteiger partial charge < -0.3 is 4.74 Å². The van der Waals surface area contributed by atoms with E-state index in [1.807, 2.05) is 73.8 Å². The Morgan fingerprint density at radius 2 is 1.61 bits per heavy atom. The van der Waals surface area contributed by atoms with E-state index < -0.39 is 33.0 Å². The van der Waals surface area contributed by atoms with Crippen molar-refractivity contribution in [3.8, 4) is 5.75 Å². The van der Waals surface area contributed by atoms with E-state index in [1.165, 1.54) is 12.1 Å². The Labute approximate surface area is 198 Å². The molecule has 0 atom stereocenters. The van der Waals surface area contributed by atoms with Crippen LogP contribution in [0.4, 0.5) is 13.2 Å². The molecule has 1 N–H and O–H groups in total. The van der Waals surface area contributed by atoms with Crippen molar-refractivity contribution in [2.45, 2.75) is 5.51 Å². The van der Waals surface area contributed by atoms with Crippen LogP contribution < -0.4 is 9.46 Å². The molecule has 150 valence electrons. The molecule has 2 rings (SSSR count). The zero-order valence-electron chi connectivity index (χ0n) is 13.2. The number of ether oxygens (including phenoxy) is 1. The van der Waals surface area contributed by atoms with Gasteiger partial charge in [-0.2, -0.15) is 21.6 Å². The van der Waals surface area contributed by atoms with Crippen molar-refractivity contribution >= 4 is 89.7 Å². The van der Waals surface area contributed by atoms with E-state index in [4.69, 9.17) is 4.74 Å². The number of hydrogen-bond acceptors (Lipinski definition) is 5. The average molecular weight is 751 g/mol. The summed E-state index contributed by atoms with van der Waals surface area (Å²) < 4.78 is 67.4. The van der Waals surface area contributed by atoms with Gasteiger partial charge in [0.25, 0.3) is 5.91 Å². The lowest BCUT2D eigenvalue weighted by atomic mass is 10.2. The number of halogens is 6. The topological polar surface area (TPSA) is 89.5 Å². The fourth-order valence-corrected chi connectivity index (χ4v) is 4.62. The van der Waals surface area contributed by atoms with Crippen LogP contribution >= 0.6 is 67.8 Å². The predicted molar refractivity (Wildman–Crippen MR) is 118 cm³/mol. The van der Waals surface area contributed by atoms with Crippen molar-refractivity contribution < 1.29 is 35.9 Å². The van der Waals surface area contributed by atoms with Gasteiger partial charge in [0.05, 0.1) is 5.56 Å². The molecule has 1 amide bonds. The van der Waals surface area contributed by atoms with Crippen molar-refractivity contribution in [3.63, 3.8) is 0 Å². The normalized spacial score (nSPS) is 11.8. The van der Waals surface area contributed by atoms with Crippen LogP contribution in [0, 0.1) is 10.7 Å². The zero-order valence-corrected chi connectivity index (χ0v) is 20.5. The maximum atomic E-state index is 12.5. The van der Waals surface area contributed by atoms with Crippen LogP contribution in [0.1, 0.15) is 20.7 Å². The summed E-state index contributed by atoms with van der Waals surface area (Å²) in [5.41, 5.74) is -5.77. The van der Waals surface area contributed by atoms with Crippen LogP contribution in [0.15, 0.2) is 36.4 Å². The predicted octanol–water partition coefficient (Wildman–Crippen LogP) is 4.30. The van der Waals surface area contributed by atoms with Gasteiger partial charge in [-0.15, -0.1) is 0 Å². The SMILES string of the molecule is O=C(NS(=O)(=O)C(F)(F)F)c1cccc(OC(=O)c2c(I)ccc(I)c2I)c1. The van der Waals surface area contributed by atoms with Crippen LogP contribution in [-0.2, 0) is 10.0 Å². The maximum absolute atomic E-state index is 12.5. The number of esters is 1. The number of sulfonamides is 1. The van der Waals surface area contributed by atoms with Gasteiger partial charge in [-0.05, 0) is 98.1 Å². The molecule has 0 heterocycles. The van der Waals surface area contributed by atoms with Gasteiger partial charge >= 0.3 is 21.5 Å². The summed E-state index contributed by atoms with van der Waals surface area (Å²) in [6.45, 7) is 0. The van der Waals surface area contributed by atoms with Gasteiger partial charge in [0.15, 0.2) is 0 Å². The first kappa shape index (κ1) is 23.6.